The highest BCUT2D eigenvalue weighted by molar-refractivity contribution is 6.12. The van der Waals surface area contributed by atoms with Gasteiger partial charge in [-0.15, -0.1) is 0 Å². The van der Waals surface area contributed by atoms with Crippen LogP contribution in [0.3, 0.4) is 0 Å². The molecule has 0 saturated heterocycles. The third-order valence-electron chi connectivity index (χ3n) is 4.47. The van der Waals surface area contributed by atoms with Gasteiger partial charge in [0.1, 0.15) is 22.7 Å². The zero-order valence-corrected chi connectivity index (χ0v) is 17.5. The fourth-order valence-electron chi connectivity index (χ4n) is 3.06. The zero-order valence-electron chi connectivity index (χ0n) is 17.5. The van der Waals surface area contributed by atoms with Gasteiger partial charge >= 0.3 is 5.97 Å². The third kappa shape index (κ3) is 4.69. The van der Waals surface area contributed by atoms with Crippen LogP contribution in [0.1, 0.15) is 42.3 Å². The highest BCUT2D eigenvalue weighted by atomic mass is 16.5. The summed E-state index contributed by atoms with van der Waals surface area (Å²) in [4.78, 5) is 25.4. The Hall–Kier alpha value is -3.60. The number of benzene rings is 2. The molecule has 1 aliphatic heterocycles. The van der Waals surface area contributed by atoms with E-state index in [1.807, 2.05) is 50.3 Å². The van der Waals surface area contributed by atoms with Crippen LogP contribution in [0, 0.1) is 0 Å². The van der Waals surface area contributed by atoms with Gasteiger partial charge in [-0.25, -0.2) is 4.79 Å². The minimum absolute atomic E-state index is 0.113. The minimum Gasteiger partial charge on any atom is -0.496 e. The van der Waals surface area contributed by atoms with Crippen molar-refractivity contribution in [2.45, 2.75) is 26.4 Å². The number of esters is 1. The standard InChI is InChI=1S/C25H24O5/c1-5-9-22(27)29-24-18-14-15-25(2,3)30-20(18)16-21(28-4)23(24)19(26)13-12-17-10-7-6-8-11-17/h5-16H,1-4H3/b9-5+,13-12+. The molecular weight excluding hydrogens is 380 g/mol. The maximum absolute atomic E-state index is 13.1. The van der Waals surface area contributed by atoms with Crippen molar-refractivity contribution in [2.75, 3.05) is 7.11 Å². The first-order chi connectivity index (χ1) is 14.3. The molecule has 2 aromatic rings. The first kappa shape index (κ1) is 21.1. The number of methoxy groups -OCH3 is 1. The summed E-state index contributed by atoms with van der Waals surface area (Å²) in [6, 6.07) is 11.1. The van der Waals surface area contributed by atoms with Gasteiger partial charge in [0.2, 0.25) is 0 Å². The van der Waals surface area contributed by atoms with Crippen LogP contribution in [0.25, 0.3) is 12.2 Å². The molecule has 0 spiro atoms. The smallest absolute Gasteiger partial charge is 0.335 e. The fourth-order valence-corrected chi connectivity index (χ4v) is 3.06. The van der Waals surface area contributed by atoms with Crippen LogP contribution in [0.4, 0.5) is 0 Å². The number of allylic oxidation sites excluding steroid dienone is 2. The lowest BCUT2D eigenvalue weighted by atomic mass is 9.97. The molecule has 0 atom stereocenters. The number of fused-ring (bicyclic) bond motifs is 1. The molecule has 30 heavy (non-hydrogen) atoms. The molecule has 5 nitrogen and oxygen atoms in total. The van der Waals surface area contributed by atoms with E-state index in [-0.39, 0.29) is 22.8 Å². The van der Waals surface area contributed by atoms with E-state index in [9.17, 15) is 9.59 Å². The molecule has 0 fully saturated rings. The van der Waals surface area contributed by atoms with E-state index in [1.165, 1.54) is 19.3 Å². The van der Waals surface area contributed by atoms with Gasteiger partial charge in [0.15, 0.2) is 11.5 Å². The Morgan fingerprint density at radius 1 is 1.10 bits per heavy atom. The van der Waals surface area contributed by atoms with Gasteiger partial charge in [0, 0.05) is 12.1 Å². The van der Waals surface area contributed by atoms with Crippen molar-refractivity contribution in [1.82, 2.24) is 0 Å². The second kappa shape index (κ2) is 8.82. The van der Waals surface area contributed by atoms with E-state index in [0.29, 0.717) is 11.3 Å². The monoisotopic (exact) mass is 404 g/mol. The molecule has 0 aliphatic carbocycles. The van der Waals surface area contributed by atoms with Crippen LogP contribution in [0.15, 0.2) is 60.7 Å². The maximum atomic E-state index is 13.1. The first-order valence-electron chi connectivity index (χ1n) is 9.60. The Morgan fingerprint density at radius 3 is 2.50 bits per heavy atom. The molecule has 0 unspecified atom stereocenters. The van der Waals surface area contributed by atoms with Gasteiger partial charge < -0.3 is 14.2 Å². The number of ether oxygens (including phenoxy) is 3. The lowest BCUT2D eigenvalue weighted by Gasteiger charge is -2.29. The van der Waals surface area contributed by atoms with E-state index in [1.54, 1.807) is 31.2 Å². The van der Waals surface area contributed by atoms with E-state index < -0.39 is 11.6 Å². The van der Waals surface area contributed by atoms with Gasteiger partial charge in [-0.1, -0.05) is 42.5 Å². The summed E-state index contributed by atoms with van der Waals surface area (Å²) in [5.74, 6) is -0.0775. The second-order valence-corrected chi connectivity index (χ2v) is 7.26. The van der Waals surface area contributed by atoms with Crippen LogP contribution in [0.5, 0.6) is 17.2 Å². The molecule has 0 saturated carbocycles. The Balaban J connectivity index is 2.13. The lowest BCUT2D eigenvalue weighted by Crippen LogP contribution is -2.28. The molecule has 0 amide bonds. The third-order valence-corrected chi connectivity index (χ3v) is 4.47. The molecule has 5 heteroatoms. The van der Waals surface area contributed by atoms with Crippen molar-refractivity contribution >= 4 is 23.9 Å². The summed E-state index contributed by atoms with van der Waals surface area (Å²) in [7, 11) is 1.46. The van der Waals surface area contributed by atoms with Crippen molar-refractivity contribution in [1.29, 1.82) is 0 Å². The van der Waals surface area contributed by atoms with Gasteiger partial charge in [0.05, 0.1) is 12.7 Å². The van der Waals surface area contributed by atoms with E-state index in [0.717, 1.165) is 5.56 Å². The predicted molar refractivity (Wildman–Crippen MR) is 117 cm³/mol. The quantitative estimate of drug-likeness (QED) is 0.285. The summed E-state index contributed by atoms with van der Waals surface area (Å²) >= 11 is 0. The van der Waals surface area contributed by atoms with E-state index >= 15 is 0 Å². The Morgan fingerprint density at radius 2 is 1.83 bits per heavy atom. The molecule has 1 aliphatic rings. The number of ketones is 1. The van der Waals surface area contributed by atoms with Crippen molar-refractivity contribution in [3.8, 4) is 17.2 Å². The first-order valence-corrected chi connectivity index (χ1v) is 9.60. The molecular formula is C25H24O5. The zero-order chi connectivity index (χ0) is 21.7. The molecule has 154 valence electrons. The normalized spacial score (nSPS) is 14.4. The molecule has 0 radical (unpaired) electrons. The molecule has 0 aromatic heterocycles. The predicted octanol–water partition coefficient (Wildman–Crippen LogP) is 5.26. The largest absolute Gasteiger partial charge is 0.496 e. The van der Waals surface area contributed by atoms with Crippen LogP contribution in [-0.4, -0.2) is 24.5 Å². The van der Waals surface area contributed by atoms with E-state index in [2.05, 4.69) is 0 Å². The molecule has 0 N–H and O–H groups in total. The van der Waals surface area contributed by atoms with Crippen molar-refractivity contribution in [2.24, 2.45) is 0 Å². The summed E-state index contributed by atoms with van der Waals surface area (Å²) < 4.78 is 17.0. The number of hydrogen-bond donors (Lipinski definition) is 0. The topological polar surface area (TPSA) is 61.8 Å². The summed E-state index contributed by atoms with van der Waals surface area (Å²) in [6.45, 7) is 5.53. The average Bonchev–Trinajstić information content (AvgIpc) is 2.71. The Bertz CT molecular complexity index is 1040. The maximum Gasteiger partial charge on any atom is 0.335 e. The van der Waals surface area contributed by atoms with Gasteiger partial charge in [-0.3, -0.25) is 4.79 Å². The lowest BCUT2D eigenvalue weighted by molar-refractivity contribution is -0.129. The SMILES string of the molecule is C/C=C/C(=O)Oc1c2c(cc(OC)c1C(=O)/C=C/c1ccccc1)OC(C)(C)C=C2. The van der Waals surface area contributed by atoms with Crippen molar-refractivity contribution < 1.29 is 23.8 Å². The number of rotatable bonds is 6. The highest BCUT2D eigenvalue weighted by Crippen LogP contribution is 2.44. The van der Waals surface area contributed by atoms with Crippen LogP contribution in [0.2, 0.25) is 0 Å². The number of carbonyl (C=O) groups excluding carboxylic acids is 2. The number of carbonyl (C=O) groups is 2. The van der Waals surface area contributed by atoms with Crippen LogP contribution >= 0.6 is 0 Å². The Labute approximate surface area is 176 Å². The van der Waals surface area contributed by atoms with Gasteiger partial charge in [-0.05, 0) is 44.6 Å². The summed E-state index contributed by atoms with van der Waals surface area (Å²) in [5, 5.41) is 0. The molecule has 2 aromatic carbocycles. The van der Waals surface area contributed by atoms with Crippen LogP contribution < -0.4 is 14.2 Å². The Kier molecular flexibility index (Phi) is 6.21. The summed E-state index contributed by atoms with van der Waals surface area (Å²) in [5.41, 5.74) is 1.01. The van der Waals surface area contributed by atoms with Gasteiger partial charge in [0.25, 0.3) is 0 Å². The van der Waals surface area contributed by atoms with E-state index in [4.69, 9.17) is 14.2 Å². The molecule has 1 heterocycles. The highest BCUT2D eigenvalue weighted by Gasteiger charge is 2.30. The van der Waals surface area contributed by atoms with Crippen LogP contribution in [-0.2, 0) is 4.79 Å². The summed E-state index contributed by atoms with van der Waals surface area (Å²) in [6.07, 6.45) is 9.65. The molecule has 0 bridgehead atoms. The fraction of sp³-hybridized carbons (Fsp3) is 0.200. The van der Waals surface area contributed by atoms with Crippen molar-refractivity contribution in [3.05, 3.63) is 77.4 Å². The van der Waals surface area contributed by atoms with Crippen molar-refractivity contribution in [3.63, 3.8) is 0 Å². The number of hydrogen-bond acceptors (Lipinski definition) is 5. The minimum atomic E-state index is -0.590. The average molecular weight is 404 g/mol. The second-order valence-electron chi connectivity index (χ2n) is 7.26. The van der Waals surface area contributed by atoms with Gasteiger partial charge in [-0.2, -0.15) is 0 Å². The molecule has 3 rings (SSSR count).